The highest BCUT2D eigenvalue weighted by Crippen LogP contribution is 2.35. The summed E-state index contributed by atoms with van der Waals surface area (Å²) in [6.45, 7) is -0.0238. The molecule has 0 radical (unpaired) electrons. The fourth-order valence-corrected chi connectivity index (χ4v) is 1.02. The summed E-state index contributed by atoms with van der Waals surface area (Å²) in [5.74, 6) is 0. The lowest BCUT2D eigenvalue weighted by Gasteiger charge is -2.21. The third kappa shape index (κ3) is 8.07. The lowest BCUT2D eigenvalue weighted by Crippen LogP contribution is -2.30. The third-order valence-electron chi connectivity index (χ3n) is 1.24. The Morgan fingerprint density at radius 2 is 1.00 bits per heavy atom. The highest BCUT2D eigenvalue weighted by atomic mass is 35.6. The van der Waals surface area contributed by atoms with Crippen molar-refractivity contribution in [3.05, 3.63) is 0 Å². The molecule has 0 bridgehead atoms. The summed E-state index contributed by atoms with van der Waals surface area (Å²) in [5, 5.41) is -1.61. The molecule has 0 aromatic rings. The van der Waals surface area contributed by atoms with Crippen molar-refractivity contribution in [3.8, 4) is 0 Å². The van der Waals surface area contributed by atoms with E-state index in [0.717, 1.165) is 0 Å². The second-order valence-electron chi connectivity index (χ2n) is 2.56. The van der Waals surface area contributed by atoms with E-state index in [1.807, 2.05) is 0 Å². The van der Waals surface area contributed by atoms with E-state index in [9.17, 15) is 0 Å². The molecule has 0 amide bonds. The summed E-state index contributed by atoms with van der Waals surface area (Å²) in [4.78, 5) is 0. The predicted molar refractivity (Wildman–Crippen MR) is 70.7 cm³/mol. The van der Waals surface area contributed by atoms with Crippen molar-refractivity contribution in [1.82, 2.24) is 0 Å². The van der Waals surface area contributed by atoms with E-state index in [-0.39, 0.29) is 13.2 Å². The lowest BCUT2D eigenvalue weighted by molar-refractivity contribution is 0.135. The van der Waals surface area contributed by atoms with Gasteiger partial charge < -0.3 is 4.74 Å². The first kappa shape index (κ1) is 17.3. The van der Waals surface area contributed by atoms with Crippen LogP contribution in [0.2, 0.25) is 0 Å². The smallest absolute Gasteiger partial charge is 0.208 e. The van der Waals surface area contributed by atoms with Crippen LogP contribution in [0.25, 0.3) is 0 Å². The van der Waals surface area contributed by atoms with Gasteiger partial charge >= 0.3 is 0 Å². The number of rotatable bonds is 4. The van der Waals surface area contributed by atoms with Gasteiger partial charge in [-0.15, -0.1) is 23.2 Å². The van der Waals surface area contributed by atoms with E-state index in [4.69, 9.17) is 97.5 Å². The van der Waals surface area contributed by atoms with Gasteiger partial charge in [0.15, 0.2) is 0 Å². The zero-order valence-corrected chi connectivity index (χ0v) is 13.0. The molecule has 9 heteroatoms. The zero-order chi connectivity index (χ0) is 12.3. The standard InChI is InChI=1S/C6H6Cl8O/c7-3(5(9,10)11)1-15-2-4(8)6(12,13)14/h3-4H,1-2H2/t3-,4-/m0/s1. The predicted octanol–water partition coefficient (Wildman–Crippen LogP) is 4.96. The van der Waals surface area contributed by atoms with Crippen LogP contribution in [0.3, 0.4) is 0 Å². The van der Waals surface area contributed by atoms with Gasteiger partial charge in [0, 0.05) is 0 Å². The number of halogens is 8. The van der Waals surface area contributed by atoms with Gasteiger partial charge in [-0.2, -0.15) is 0 Å². The molecule has 0 aliphatic rings. The Morgan fingerprint density at radius 1 is 0.733 bits per heavy atom. The van der Waals surface area contributed by atoms with Gasteiger partial charge in [0.25, 0.3) is 0 Å². The topological polar surface area (TPSA) is 9.23 Å². The van der Waals surface area contributed by atoms with Gasteiger partial charge in [0.05, 0.1) is 13.2 Å². The van der Waals surface area contributed by atoms with Crippen LogP contribution in [-0.4, -0.2) is 31.6 Å². The maximum Gasteiger partial charge on any atom is 0.208 e. The molecule has 0 saturated carbocycles. The van der Waals surface area contributed by atoms with Crippen LogP contribution in [0.4, 0.5) is 0 Å². The SMILES string of the molecule is Cl[C@@H](COC[C@H](Cl)C(Cl)(Cl)Cl)C(Cl)(Cl)Cl. The summed E-state index contributed by atoms with van der Waals surface area (Å²) in [6, 6.07) is 0. The molecule has 2 atom stereocenters. The Labute approximate surface area is 128 Å². The van der Waals surface area contributed by atoms with Gasteiger partial charge in [-0.05, 0) is 0 Å². The monoisotopic (exact) mass is 374 g/mol. The average molecular weight is 378 g/mol. The van der Waals surface area contributed by atoms with Crippen LogP contribution in [-0.2, 0) is 4.74 Å². The second-order valence-corrected chi connectivity index (χ2v) is 8.35. The van der Waals surface area contributed by atoms with Crippen molar-refractivity contribution < 1.29 is 4.74 Å². The van der Waals surface area contributed by atoms with Crippen LogP contribution < -0.4 is 0 Å². The maximum atomic E-state index is 5.69. The van der Waals surface area contributed by atoms with Crippen molar-refractivity contribution in [1.29, 1.82) is 0 Å². The molecular formula is C6H6Cl8O. The molecule has 0 aromatic carbocycles. The molecule has 15 heavy (non-hydrogen) atoms. The largest absolute Gasteiger partial charge is 0.378 e. The Hall–Kier alpha value is 2.28. The molecule has 0 heterocycles. The van der Waals surface area contributed by atoms with E-state index in [2.05, 4.69) is 0 Å². The first-order chi connectivity index (χ1) is 6.55. The van der Waals surface area contributed by atoms with Crippen LogP contribution in [0, 0.1) is 0 Å². The Bertz CT molecular complexity index is 165. The molecule has 0 N–H and O–H groups in total. The van der Waals surface area contributed by atoms with E-state index in [1.54, 1.807) is 0 Å². The first-order valence-corrected chi connectivity index (χ1v) is 6.68. The third-order valence-corrected chi connectivity index (χ3v) is 4.40. The zero-order valence-electron chi connectivity index (χ0n) is 7.00. The molecule has 1 nitrogen and oxygen atoms in total. The van der Waals surface area contributed by atoms with Crippen molar-refractivity contribution in [2.24, 2.45) is 0 Å². The second kappa shape index (κ2) is 7.01. The summed E-state index contributed by atoms with van der Waals surface area (Å²) in [5.41, 5.74) is 0. The van der Waals surface area contributed by atoms with Gasteiger partial charge in [0.2, 0.25) is 7.59 Å². The maximum absolute atomic E-state index is 5.69. The number of hydrogen-bond donors (Lipinski definition) is 0. The van der Waals surface area contributed by atoms with E-state index in [1.165, 1.54) is 0 Å². The Kier molecular flexibility index (Phi) is 8.08. The summed E-state index contributed by atoms with van der Waals surface area (Å²) < 4.78 is 1.82. The lowest BCUT2D eigenvalue weighted by atomic mass is 10.4. The minimum absolute atomic E-state index is 0.0119. The van der Waals surface area contributed by atoms with Crippen LogP contribution in [0.15, 0.2) is 0 Å². The minimum Gasteiger partial charge on any atom is -0.378 e. The van der Waals surface area contributed by atoms with Gasteiger partial charge in [-0.1, -0.05) is 69.6 Å². The molecule has 92 valence electrons. The van der Waals surface area contributed by atoms with Crippen molar-refractivity contribution in [2.75, 3.05) is 13.2 Å². The van der Waals surface area contributed by atoms with Crippen LogP contribution in [0.1, 0.15) is 0 Å². The molecule has 0 unspecified atom stereocenters. The van der Waals surface area contributed by atoms with Crippen molar-refractivity contribution in [3.63, 3.8) is 0 Å². The summed E-state index contributed by atoms with van der Waals surface area (Å²) in [6.07, 6.45) is 0. The van der Waals surface area contributed by atoms with E-state index >= 15 is 0 Å². The Balaban J connectivity index is 3.81. The number of hydrogen-bond acceptors (Lipinski definition) is 1. The number of ether oxygens (including phenoxy) is 1. The van der Waals surface area contributed by atoms with E-state index in [0.29, 0.717) is 0 Å². The van der Waals surface area contributed by atoms with Crippen LogP contribution in [0.5, 0.6) is 0 Å². The molecule has 0 aliphatic carbocycles. The fraction of sp³-hybridized carbons (Fsp3) is 1.00. The van der Waals surface area contributed by atoms with Gasteiger partial charge in [-0.25, -0.2) is 0 Å². The average Bonchev–Trinajstić information content (AvgIpc) is 2.00. The molecule has 0 spiro atoms. The molecule has 0 aliphatic heterocycles. The quantitative estimate of drug-likeness (QED) is 0.629. The van der Waals surface area contributed by atoms with Crippen molar-refractivity contribution >= 4 is 92.8 Å². The number of alkyl halides is 8. The van der Waals surface area contributed by atoms with E-state index < -0.39 is 18.3 Å². The molecule has 0 rings (SSSR count). The highest BCUT2D eigenvalue weighted by molar-refractivity contribution is 6.70. The fourth-order valence-electron chi connectivity index (χ4n) is 0.464. The van der Waals surface area contributed by atoms with Crippen molar-refractivity contribution in [2.45, 2.75) is 18.3 Å². The molecular weight excluding hydrogens is 372 g/mol. The molecule has 0 saturated heterocycles. The first-order valence-electron chi connectivity index (χ1n) is 3.54. The minimum atomic E-state index is -1.61. The molecule has 0 aromatic heterocycles. The summed E-state index contributed by atoms with van der Waals surface area (Å²) >= 11 is 44.4. The van der Waals surface area contributed by atoms with Crippen LogP contribution >= 0.6 is 92.8 Å². The highest BCUT2D eigenvalue weighted by Gasteiger charge is 2.33. The van der Waals surface area contributed by atoms with Gasteiger partial charge in [0.1, 0.15) is 10.8 Å². The molecule has 0 fully saturated rings. The summed E-state index contributed by atoms with van der Waals surface area (Å²) in [7, 11) is 0. The normalized spacial score (nSPS) is 17.6. The Morgan fingerprint density at radius 3 is 1.20 bits per heavy atom. The van der Waals surface area contributed by atoms with Gasteiger partial charge in [-0.3, -0.25) is 0 Å².